The molecule has 0 aliphatic heterocycles. The van der Waals surface area contributed by atoms with Gasteiger partial charge in [0.15, 0.2) is 0 Å². The molecule has 0 amide bonds. The number of para-hydroxylation sites is 1. The average Bonchev–Trinajstić information content (AvgIpc) is 2.37. The van der Waals surface area contributed by atoms with Gasteiger partial charge in [-0.05, 0) is 12.1 Å². The second-order valence-corrected chi connectivity index (χ2v) is 3.61. The summed E-state index contributed by atoms with van der Waals surface area (Å²) in [4.78, 5) is 12.2. The van der Waals surface area contributed by atoms with Crippen molar-refractivity contribution < 1.29 is 15.1 Å². The van der Waals surface area contributed by atoms with Crippen LogP contribution in [0.4, 0.5) is 17.1 Å². The van der Waals surface area contributed by atoms with E-state index in [9.17, 15) is 10.1 Å². The highest BCUT2D eigenvalue weighted by Gasteiger charge is 2.22. The van der Waals surface area contributed by atoms with Gasteiger partial charge in [0.2, 0.25) is 0 Å². The molecule has 0 atom stereocenters. The van der Waals surface area contributed by atoms with Crippen molar-refractivity contribution in [2.45, 2.75) is 0 Å². The fourth-order valence-electron chi connectivity index (χ4n) is 1.77. The summed E-state index contributed by atoms with van der Waals surface area (Å²) < 4.78 is 0. The summed E-state index contributed by atoms with van der Waals surface area (Å²) in [5, 5.41) is 31.8. The average molecular weight is 255 g/mol. The Hall–Kier alpha value is -1.86. The molecule has 0 saturated heterocycles. The van der Waals surface area contributed by atoms with Gasteiger partial charge in [-0.15, -0.1) is 0 Å². The van der Waals surface area contributed by atoms with Crippen molar-refractivity contribution in [1.29, 1.82) is 0 Å². The third kappa shape index (κ3) is 3.08. The zero-order chi connectivity index (χ0) is 13.5. The molecule has 0 aliphatic carbocycles. The van der Waals surface area contributed by atoms with E-state index < -0.39 is 4.92 Å². The molecule has 0 bridgehead atoms. The fraction of sp³-hybridized carbons (Fsp3) is 0.455. The van der Waals surface area contributed by atoms with E-state index in [0.29, 0.717) is 11.4 Å². The predicted octanol–water partition coefficient (Wildman–Crippen LogP) is 0.427. The molecule has 3 N–H and O–H groups in total. The number of anilines is 2. The van der Waals surface area contributed by atoms with Crippen molar-refractivity contribution in [3.8, 4) is 0 Å². The molecule has 1 aromatic carbocycles. The molecule has 1 aromatic rings. The smallest absolute Gasteiger partial charge is 0.315 e. The quantitative estimate of drug-likeness (QED) is 0.482. The van der Waals surface area contributed by atoms with Crippen LogP contribution in [0.5, 0.6) is 0 Å². The first-order chi connectivity index (χ1) is 8.65. The molecule has 7 heteroatoms. The molecule has 0 fully saturated rings. The molecule has 0 radical (unpaired) electrons. The minimum Gasteiger partial charge on any atom is -0.395 e. The van der Waals surface area contributed by atoms with E-state index in [1.807, 2.05) is 0 Å². The predicted molar refractivity (Wildman–Crippen MR) is 69.0 cm³/mol. The van der Waals surface area contributed by atoms with Gasteiger partial charge < -0.3 is 20.4 Å². The zero-order valence-electron chi connectivity index (χ0n) is 10.2. The van der Waals surface area contributed by atoms with Crippen LogP contribution in [0.25, 0.3) is 0 Å². The van der Waals surface area contributed by atoms with E-state index in [0.717, 1.165) is 0 Å². The normalized spacial score (nSPS) is 10.2. The molecule has 18 heavy (non-hydrogen) atoms. The SMILES string of the molecule is CNc1cccc(N(CCO)CCO)c1[N+](=O)[O-]. The van der Waals surface area contributed by atoms with Gasteiger partial charge in [0, 0.05) is 20.1 Å². The Balaban J connectivity index is 3.23. The highest BCUT2D eigenvalue weighted by molar-refractivity contribution is 5.76. The maximum absolute atomic E-state index is 11.1. The van der Waals surface area contributed by atoms with E-state index in [1.54, 1.807) is 30.1 Å². The Labute approximate surface area is 105 Å². The van der Waals surface area contributed by atoms with Crippen LogP contribution in [0.15, 0.2) is 18.2 Å². The Kier molecular flexibility index (Phi) is 5.34. The first-order valence-electron chi connectivity index (χ1n) is 5.57. The maximum Gasteiger partial charge on any atom is 0.315 e. The summed E-state index contributed by atoms with van der Waals surface area (Å²) in [5.41, 5.74) is 0.732. The van der Waals surface area contributed by atoms with E-state index in [4.69, 9.17) is 10.2 Å². The number of hydrogen-bond acceptors (Lipinski definition) is 6. The number of rotatable bonds is 7. The first kappa shape index (κ1) is 14.2. The van der Waals surface area contributed by atoms with Gasteiger partial charge in [-0.25, -0.2) is 0 Å². The van der Waals surface area contributed by atoms with Crippen LogP contribution >= 0.6 is 0 Å². The Morgan fingerprint density at radius 1 is 1.33 bits per heavy atom. The van der Waals surface area contributed by atoms with Crippen LogP contribution in [0.2, 0.25) is 0 Å². The largest absolute Gasteiger partial charge is 0.395 e. The lowest BCUT2D eigenvalue weighted by molar-refractivity contribution is -0.383. The van der Waals surface area contributed by atoms with E-state index in [1.165, 1.54) is 0 Å². The summed E-state index contributed by atoms with van der Waals surface area (Å²) in [6.45, 7) is 0.186. The van der Waals surface area contributed by atoms with Gasteiger partial charge in [0.05, 0.1) is 18.1 Å². The molecule has 0 unspecified atom stereocenters. The lowest BCUT2D eigenvalue weighted by Crippen LogP contribution is -2.30. The third-order valence-electron chi connectivity index (χ3n) is 2.55. The summed E-state index contributed by atoms with van der Waals surface area (Å²) in [6, 6.07) is 4.90. The van der Waals surface area contributed by atoms with Crippen LogP contribution in [-0.4, -0.2) is 48.5 Å². The molecule has 0 heterocycles. The highest BCUT2D eigenvalue weighted by Crippen LogP contribution is 2.34. The third-order valence-corrected chi connectivity index (χ3v) is 2.55. The second kappa shape index (κ2) is 6.77. The van der Waals surface area contributed by atoms with Gasteiger partial charge in [-0.1, -0.05) is 6.07 Å². The number of hydrogen-bond donors (Lipinski definition) is 3. The van der Waals surface area contributed by atoms with Crippen LogP contribution in [0, 0.1) is 10.1 Å². The molecule has 0 aliphatic rings. The number of benzene rings is 1. The Morgan fingerprint density at radius 2 is 1.94 bits per heavy atom. The lowest BCUT2D eigenvalue weighted by Gasteiger charge is -2.23. The standard InChI is InChI=1S/C11H17N3O4/c1-12-9-3-2-4-10(11(9)14(17)18)13(5-7-15)6-8-16/h2-4,12,15-16H,5-8H2,1H3. The molecule has 7 nitrogen and oxygen atoms in total. The van der Waals surface area contributed by atoms with Gasteiger partial charge in [0.1, 0.15) is 11.4 Å². The first-order valence-corrected chi connectivity index (χ1v) is 5.57. The zero-order valence-corrected chi connectivity index (χ0v) is 10.2. The van der Waals surface area contributed by atoms with Gasteiger partial charge in [-0.2, -0.15) is 0 Å². The summed E-state index contributed by atoms with van der Waals surface area (Å²) in [5.74, 6) is 0. The van der Waals surface area contributed by atoms with Crippen molar-refractivity contribution in [2.24, 2.45) is 0 Å². The van der Waals surface area contributed by atoms with Gasteiger partial charge in [0.25, 0.3) is 0 Å². The number of nitro groups is 1. The van der Waals surface area contributed by atoms with Crippen LogP contribution in [-0.2, 0) is 0 Å². The summed E-state index contributed by atoms with van der Waals surface area (Å²) in [7, 11) is 1.61. The number of nitro benzene ring substituents is 1. The Bertz CT molecular complexity index is 405. The summed E-state index contributed by atoms with van der Waals surface area (Å²) in [6.07, 6.45) is 0. The van der Waals surface area contributed by atoms with E-state index in [-0.39, 0.29) is 32.0 Å². The molecule has 100 valence electrons. The Morgan fingerprint density at radius 3 is 2.39 bits per heavy atom. The van der Waals surface area contributed by atoms with Crippen molar-refractivity contribution in [3.05, 3.63) is 28.3 Å². The van der Waals surface area contributed by atoms with Crippen molar-refractivity contribution >= 4 is 17.1 Å². The van der Waals surface area contributed by atoms with Crippen LogP contribution < -0.4 is 10.2 Å². The molecule has 0 aromatic heterocycles. The van der Waals surface area contributed by atoms with Crippen LogP contribution in [0.1, 0.15) is 0 Å². The molecule has 1 rings (SSSR count). The molecule has 0 spiro atoms. The van der Waals surface area contributed by atoms with E-state index in [2.05, 4.69) is 5.32 Å². The minimum atomic E-state index is -0.469. The van der Waals surface area contributed by atoms with Gasteiger partial charge in [-0.3, -0.25) is 10.1 Å². The molecular formula is C11H17N3O4. The van der Waals surface area contributed by atoms with Crippen molar-refractivity contribution in [2.75, 3.05) is 43.6 Å². The fourth-order valence-corrected chi connectivity index (χ4v) is 1.77. The number of nitrogens with one attached hydrogen (secondary N) is 1. The summed E-state index contributed by atoms with van der Waals surface area (Å²) >= 11 is 0. The lowest BCUT2D eigenvalue weighted by atomic mass is 10.2. The number of nitrogens with zero attached hydrogens (tertiary/aromatic N) is 2. The van der Waals surface area contributed by atoms with Crippen molar-refractivity contribution in [3.63, 3.8) is 0 Å². The maximum atomic E-state index is 11.1. The number of aliphatic hydroxyl groups excluding tert-OH is 2. The molecular weight excluding hydrogens is 238 g/mol. The number of aliphatic hydroxyl groups is 2. The van der Waals surface area contributed by atoms with E-state index >= 15 is 0 Å². The second-order valence-electron chi connectivity index (χ2n) is 3.61. The topological polar surface area (TPSA) is 98.9 Å². The molecule has 0 saturated carbocycles. The van der Waals surface area contributed by atoms with Crippen molar-refractivity contribution in [1.82, 2.24) is 0 Å². The minimum absolute atomic E-state index is 0.0538. The highest BCUT2D eigenvalue weighted by atomic mass is 16.6. The van der Waals surface area contributed by atoms with Crippen LogP contribution in [0.3, 0.4) is 0 Å². The van der Waals surface area contributed by atoms with Gasteiger partial charge >= 0.3 is 5.69 Å². The monoisotopic (exact) mass is 255 g/mol.